The van der Waals surface area contributed by atoms with Gasteiger partial charge in [0.15, 0.2) is 0 Å². The molecule has 124 valence electrons. The van der Waals surface area contributed by atoms with E-state index in [1.165, 1.54) is 36.4 Å². The molecule has 24 heavy (non-hydrogen) atoms. The molecule has 0 aliphatic heterocycles. The SMILES string of the molecule is O=C(OOC(=O)c1ccc(O)c2c1CCCC2)c1ccc(O)cc1. The predicted molar refractivity (Wildman–Crippen MR) is 83.7 cm³/mol. The predicted octanol–water partition coefficient (Wildman–Crippen LogP) is 2.91. The molecule has 0 unspecified atom stereocenters. The van der Waals surface area contributed by atoms with Crippen molar-refractivity contribution in [3.8, 4) is 11.5 Å². The third kappa shape index (κ3) is 3.17. The van der Waals surface area contributed by atoms with Crippen LogP contribution in [0.2, 0.25) is 0 Å². The minimum absolute atomic E-state index is 0.0132. The molecular formula is C18H16O6. The van der Waals surface area contributed by atoms with Gasteiger partial charge in [-0.3, -0.25) is 0 Å². The lowest BCUT2D eigenvalue weighted by Gasteiger charge is -2.19. The summed E-state index contributed by atoms with van der Waals surface area (Å²) >= 11 is 0. The minimum atomic E-state index is -0.837. The van der Waals surface area contributed by atoms with Crippen LogP contribution in [-0.2, 0) is 22.6 Å². The van der Waals surface area contributed by atoms with Crippen molar-refractivity contribution in [2.45, 2.75) is 25.7 Å². The summed E-state index contributed by atoms with van der Waals surface area (Å²) in [6.07, 6.45) is 3.24. The third-order valence-electron chi connectivity index (χ3n) is 4.03. The second-order valence-corrected chi connectivity index (χ2v) is 5.58. The van der Waals surface area contributed by atoms with Gasteiger partial charge in [-0.2, -0.15) is 0 Å². The van der Waals surface area contributed by atoms with E-state index >= 15 is 0 Å². The molecule has 0 radical (unpaired) electrons. The Labute approximate surface area is 138 Å². The van der Waals surface area contributed by atoms with Gasteiger partial charge in [0.05, 0.1) is 11.1 Å². The first kappa shape index (κ1) is 15.9. The summed E-state index contributed by atoms with van der Waals surface area (Å²) in [7, 11) is 0. The minimum Gasteiger partial charge on any atom is -0.508 e. The van der Waals surface area contributed by atoms with Crippen molar-refractivity contribution in [1.29, 1.82) is 0 Å². The van der Waals surface area contributed by atoms with E-state index in [1.807, 2.05) is 0 Å². The molecule has 0 amide bonds. The Kier molecular flexibility index (Phi) is 4.37. The maximum Gasteiger partial charge on any atom is 0.386 e. The molecule has 1 aliphatic carbocycles. The van der Waals surface area contributed by atoms with Crippen molar-refractivity contribution in [1.82, 2.24) is 0 Å². The van der Waals surface area contributed by atoms with Gasteiger partial charge in [-0.25, -0.2) is 19.4 Å². The zero-order valence-corrected chi connectivity index (χ0v) is 12.8. The van der Waals surface area contributed by atoms with E-state index in [0.29, 0.717) is 18.4 Å². The number of carbonyl (C=O) groups is 2. The number of fused-ring (bicyclic) bond motifs is 1. The van der Waals surface area contributed by atoms with Gasteiger partial charge in [-0.15, -0.1) is 0 Å². The molecule has 2 aromatic rings. The summed E-state index contributed by atoms with van der Waals surface area (Å²) in [5.41, 5.74) is 1.93. The highest BCUT2D eigenvalue weighted by Gasteiger charge is 2.23. The van der Waals surface area contributed by atoms with E-state index in [2.05, 4.69) is 9.78 Å². The van der Waals surface area contributed by atoms with Crippen LogP contribution in [0.25, 0.3) is 0 Å². The lowest BCUT2D eigenvalue weighted by molar-refractivity contribution is -0.187. The van der Waals surface area contributed by atoms with Gasteiger partial charge in [0.1, 0.15) is 11.5 Å². The van der Waals surface area contributed by atoms with E-state index in [9.17, 15) is 19.8 Å². The van der Waals surface area contributed by atoms with Crippen molar-refractivity contribution in [3.05, 3.63) is 58.7 Å². The van der Waals surface area contributed by atoms with Gasteiger partial charge in [0.25, 0.3) is 0 Å². The molecule has 6 nitrogen and oxygen atoms in total. The molecule has 2 aromatic carbocycles. The topological polar surface area (TPSA) is 93.1 Å². The van der Waals surface area contributed by atoms with Gasteiger partial charge in [-0.1, -0.05) is 0 Å². The fraction of sp³-hybridized carbons (Fsp3) is 0.222. The summed E-state index contributed by atoms with van der Waals surface area (Å²) < 4.78 is 0. The van der Waals surface area contributed by atoms with E-state index in [-0.39, 0.29) is 17.1 Å². The Morgan fingerprint density at radius 2 is 1.42 bits per heavy atom. The maximum absolute atomic E-state index is 12.2. The monoisotopic (exact) mass is 328 g/mol. The van der Waals surface area contributed by atoms with Crippen LogP contribution in [0, 0.1) is 0 Å². The van der Waals surface area contributed by atoms with Crippen molar-refractivity contribution in [2.75, 3.05) is 0 Å². The van der Waals surface area contributed by atoms with Crippen LogP contribution < -0.4 is 0 Å². The Morgan fingerprint density at radius 1 is 0.792 bits per heavy atom. The highest BCUT2D eigenvalue weighted by molar-refractivity contribution is 5.93. The van der Waals surface area contributed by atoms with Gasteiger partial charge in [-0.05, 0) is 73.2 Å². The van der Waals surface area contributed by atoms with E-state index in [4.69, 9.17) is 0 Å². The van der Waals surface area contributed by atoms with Crippen LogP contribution in [-0.4, -0.2) is 22.2 Å². The van der Waals surface area contributed by atoms with Crippen molar-refractivity contribution in [2.24, 2.45) is 0 Å². The lowest BCUT2D eigenvalue weighted by Crippen LogP contribution is -2.16. The van der Waals surface area contributed by atoms with Crippen LogP contribution in [0.4, 0.5) is 0 Å². The molecule has 0 saturated carbocycles. The lowest BCUT2D eigenvalue weighted by atomic mass is 9.87. The average molecular weight is 328 g/mol. The summed E-state index contributed by atoms with van der Waals surface area (Å²) in [6, 6.07) is 8.28. The molecule has 0 heterocycles. The van der Waals surface area contributed by atoms with E-state index < -0.39 is 11.9 Å². The van der Waals surface area contributed by atoms with Gasteiger partial charge < -0.3 is 10.2 Å². The molecule has 0 aromatic heterocycles. The highest BCUT2D eigenvalue weighted by atomic mass is 17.2. The Hall–Kier alpha value is -3.02. The first-order valence-corrected chi connectivity index (χ1v) is 7.62. The van der Waals surface area contributed by atoms with Crippen molar-refractivity contribution in [3.63, 3.8) is 0 Å². The van der Waals surface area contributed by atoms with Crippen LogP contribution in [0.1, 0.15) is 44.7 Å². The van der Waals surface area contributed by atoms with Crippen molar-refractivity contribution >= 4 is 11.9 Å². The van der Waals surface area contributed by atoms with Crippen LogP contribution >= 0.6 is 0 Å². The normalized spacial score (nSPS) is 13.0. The zero-order chi connectivity index (χ0) is 17.1. The molecular weight excluding hydrogens is 312 g/mol. The van der Waals surface area contributed by atoms with Crippen molar-refractivity contribution < 1.29 is 29.6 Å². The second kappa shape index (κ2) is 6.62. The number of benzene rings is 2. The molecule has 3 rings (SSSR count). The Bertz CT molecular complexity index is 779. The summed E-state index contributed by atoms with van der Waals surface area (Å²) in [4.78, 5) is 33.2. The second-order valence-electron chi connectivity index (χ2n) is 5.58. The number of carbonyl (C=O) groups excluding carboxylic acids is 2. The summed E-state index contributed by atoms with van der Waals surface area (Å²) in [6.45, 7) is 0. The number of hydrogen-bond donors (Lipinski definition) is 2. The molecule has 0 saturated heterocycles. The first-order valence-electron chi connectivity index (χ1n) is 7.62. The van der Waals surface area contributed by atoms with Crippen LogP contribution in [0.15, 0.2) is 36.4 Å². The Balaban J connectivity index is 1.71. The number of rotatable bonds is 2. The zero-order valence-electron chi connectivity index (χ0n) is 12.8. The molecule has 6 heteroatoms. The number of phenolic OH excluding ortho intramolecular Hbond substituents is 2. The summed E-state index contributed by atoms with van der Waals surface area (Å²) in [5, 5.41) is 19.1. The smallest absolute Gasteiger partial charge is 0.386 e. The molecule has 1 aliphatic rings. The number of aromatic hydroxyl groups is 2. The average Bonchev–Trinajstić information content (AvgIpc) is 2.60. The Morgan fingerprint density at radius 3 is 2.12 bits per heavy atom. The van der Waals surface area contributed by atoms with Gasteiger partial charge >= 0.3 is 11.9 Å². The first-order chi connectivity index (χ1) is 11.6. The van der Waals surface area contributed by atoms with E-state index in [0.717, 1.165) is 24.0 Å². The highest BCUT2D eigenvalue weighted by Crippen LogP contribution is 2.31. The molecule has 2 N–H and O–H groups in total. The van der Waals surface area contributed by atoms with Crippen LogP contribution in [0.5, 0.6) is 11.5 Å². The maximum atomic E-state index is 12.2. The van der Waals surface area contributed by atoms with Crippen LogP contribution in [0.3, 0.4) is 0 Å². The van der Waals surface area contributed by atoms with Gasteiger partial charge in [0.2, 0.25) is 0 Å². The van der Waals surface area contributed by atoms with E-state index in [1.54, 1.807) is 0 Å². The summed E-state index contributed by atoms with van der Waals surface area (Å²) in [5.74, 6) is -1.43. The third-order valence-corrected chi connectivity index (χ3v) is 4.03. The fourth-order valence-corrected chi connectivity index (χ4v) is 2.81. The number of phenols is 2. The molecule has 0 atom stereocenters. The molecule has 0 bridgehead atoms. The fourth-order valence-electron chi connectivity index (χ4n) is 2.81. The largest absolute Gasteiger partial charge is 0.508 e. The quantitative estimate of drug-likeness (QED) is 0.650. The van der Waals surface area contributed by atoms with Gasteiger partial charge in [0, 0.05) is 0 Å². The standard InChI is InChI=1S/C18H16O6/c19-12-7-5-11(6-8-12)17(21)23-24-18(22)15-9-10-16(20)14-4-2-1-3-13(14)15/h5-10,19-20H,1-4H2. The molecule has 0 spiro atoms. The number of hydrogen-bond acceptors (Lipinski definition) is 6. The molecule has 0 fully saturated rings.